The van der Waals surface area contributed by atoms with Crippen LogP contribution < -0.4 is 10.3 Å². The van der Waals surface area contributed by atoms with Crippen molar-refractivity contribution in [2.45, 2.75) is 37.1 Å². The molecule has 26 heavy (non-hydrogen) atoms. The van der Waals surface area contributed by atoms with E-state index < -0.39 is 10.0 Å². The molecule has 1 aromatic rings. The maximum Gasteiger partial charge on any atom is 0.265 e. The summed E-state index contributed by atoms with van der Waals surface area (Å²) in [6.45, 7) is 6.02. The topological polar surface area (TPSA) is 74.2 Å². The van der Waals surface area contributed by atoms with E-state index in [-0.39, 0.29) is 16.8 Å². The fourth-order valence-electron chi connectivity index (χ4n) is 3.57. The Kier molecular flexibility index (Phi) is 5.96. The standard InChI is InChI=1S/C18H28N4O3S/c1-15-6-3-4-9-22(15)26(24,25)17-8-5-7-16(14-17)18(23)19-21-12-10-20(2)11-13-21/h5,7-8,14-15H,3-4,6,9-13H2,1-2H3,(H,19,23)/p+1/t15-/m1/s1. The molecule has 0 unspecified atom stereocenters. The molecule has 1 aromatic carbocycles. The van der Waals surface area contributed by atoms with Crippen LogP contribution in [0.15, 0.2) is 29.2 Å². The fraction of sp³-hybridized carbons (Fsp3) is 0.611. The van der Waals surface area contributed by atoms with Crippen molar-refractivity contribution in [2.75, 3.05) is 39.8 Å². The van der Waals surface area contributed by atoms with E-state index in [1.54, 1.807) is 22.5 Å². The van der Waals surface area contributed by atoms with E-state index in [0.29, 0.717) is 12.1 Å². The minimum absolute atomic E-state index is 0.000859. The van der Waals surface area contributed by atoms with Gasteiger partial charge in [0.25, 0.3) is 5.91 Å². The number of quaternary nitrogens is 1. The summed E-state index contributed by atoms with van der Waals surface area (Å²) in [6, 6.07) is 6.37. The number of piperazine rings is 1. The zero-order chi connectivity index (χ0) is 18.7. The highest BCUT2D eigenvalue weighted by atomic mass is 32.2. The summed E-state index contributed by atoms with van der Waals surface area (Å²) in [5.74, 6) is -0.256. The molecule has 3 rings (SSSR count). The van der Waals surface area contributed by atoms with Crippen molar-refractivity contribution >= 4 is 15.9 Å². The lowest BCUT2D eigenvalue weighted by Gasteiger charge is -2.32. The van der Waals surface area contributed by atoms with Gasteiger partial charge in [-0.25, -0.2) is 13.4 Å². The lowest BCUT2D eigenvalue weighted by Crippen LogP contribution is -3.12. The summed E-state index contributed by atoms with van der Waals surface area (Å²) in [5.41, 5.74) is 3.27. The molecule has 2 saturated heterocycles. The Bertz CT molecular complexity index is 745. The number of nitrogens with one attached hydrogen (secondary N) is 2. The number of rotatable bonds is 4. The number of sulfonamides is 1. The Balaban J connectivity index is 1.74. The number of carbonyl (C=O) groups excluding carboxylic acids is 1. The molecule has 8 heteroatoms. The number of hydrogen-bond acceptors (Lipinski definition) is 4. The molecule has 0 radical (unpaired) electrons. The molecular formula is C18H29N4O3S+. The Morgan fingerprint density at radius 1 is 1.19 bits per heavy atom. The smallest absolute Gasteiger partial charge is 0.265 e. The third-order valence-electron chi connectivity index (χ3n) is 5.32. The van der Waals surface area contributed by atoms with Gasteiger partial charge in [0.15, 0.2) is 0 Å². The van der Waals surface area contributed by atoms with Crippen molar-refractivity contribution in [1.29, 1.82) is 0 Å². The monoisotopic (exact) mass is 381 g/mol. The van der Waals surface area contributed by atoms with Crippen molar-refractivity contribution < 1.29 is 18.1 Å². The van der Waals surface area contributed by atoms with Crippen molar-refractivity contribution in [3.63, 3.8) is 0 Å². The quantitative estimate of drug-likeness (QED) is 0.753. The SMILES string of the molecule is C[C@@H]1CCCCN1S(=O)(=O)c1cccc(C(=O)NN2CC[NH+](C)CC2)c1. The summed E-state index contributed by atoms with van der Waals surface area (Å²) in [6.07, 6.45) is 2.82. The molecule has 2 aliphatic heterocycles. The maximum atomic E-state index is 13.0. The van der Waals surface area contributed by atoms with E-state index in [0.717, 1.165) is 45.4 Å². The number of hydrazine groups is 1. The van der Waals surface area contributed by atoms with Gasteiger partial charge in [-0.15, -0.1) is 0 Å². The van der Waals surface area contributed by atoms with Gasteiger partial charge in [0.05, 0.1) is 38.1 Å². The summed E-state index contributed by atoms with van der Waals surface area (Å²) < 4.78 is 27.5. The molecule has 144 valence electrons. The van der Waals surface area contributed by atoms with Gasteiger partial charge >= 0.3 is 0 Å². The van der Waals surface area contributed by atoms with Crippen LogP contribution in [0.5, 0.6) is 0 Å². The largest absolute Gasteiger partial charge is 0.335 e. The summed E-state index contributed by atoms with van der Waals surface area (Å²) in [5, 5.41) is 1.91. The number of carbonyl (C=O) groups is 1. The van der Waals surface area contributed by atoms with Gasteiger partial charge in [-0.3, -0.25) is 10.2 Å². The first-order chi connectivity index (χ1) is 12.4. The van der Waals surface area contributed by atoms with Gasteiger partial charge in [-0.2, -0.15) is 4.31 Å². The van der Waals surface area contributed by atoms with Gasteiger partial charge in [0.2, 0.25) is 10.0 Å². The average molecular weight is 382 g/mol. The third kappa shape index (κ3) is 4.25. The maximum absolute atomic E-state index is 13.0. The summed E-state index contributed by atoms with van der Waals surface area (Å²) in [4.78, 5) is 14.2. The lowest BCUT2D eigenvalue weighted by atomic mass is 10.1. The highest BCUT2D eigenvalue weighted by Crippen LogP contribution is 2.25. The molecule has 0 bridgehead atoms. The minimum atomic E-state index is -3.57. The van der Waals surface area contributed by atoms with Crippen LogP contribution in [-0.2, 0) is 10.0 Å². The lowest BCUT2D eigenvalue weighted by molar-refractivity contribution is -0.884. The molecule has 2 fully saturated rings. The van der Waals surface area contributed by atoms with Gasteiger partial charge < -0.3 is 4.90 Å². The van der Waals surface area contributed by atoms with Crippen LogP contribution in [0.3, 0.4) is 0 Å². The zero-order valence-corrected chi connectivity index (χ0v) is 16.4. The zero-order valence-electron chi connectivity index (χ0n) is 15.6. The van der Waals surface area contributed by atoms with E-state index in [9.17, 15) is 13.2 Å². The Morgan fingerprint density at radius 3 is 2.62 bits per heavy atom. The molecule has 7 nitrogen and oxygen atoms in total. The van der Waals surface area contributed by atoms with Crippen molar-refractivity contribution in [3.8, 4) is 0 Å². The second-order valence-electron chi connectivity index (χ2n) is 7.37. The van der Waals surface area contributed by atoms with Crippen LogP contribution in [0.2, 0.25) is 0 Å². The number of amides is 1. The summed E-state index contributed by atoms with van der Waals surface area (Å²) in [7, 11) is -1.44. The molecule has 2 N–H and O–H groups in total. The number of benzene rings is 1. The number of piperidine rings is 1. The van der Waals surface area contributed by atoms with Crippen molar-refractivity contribution in [3.05, 3.63) is 29.8 Å². The number of hydrogen-bond donors (Lipinski definition) is 2. The van der Waals surface area contributed by atoms with Crippen LogP contribution in [0, 0.1) is 0 Å². The molecule has 0 aromatic heterocycles. The van der Waals surface area contributed by atoms with E-state index >= 15 is 0 Å². The van der Waals surface area contributed by atoms with E-state index in [2.05, 4.69) is 12.5 Å². The first kappa shape index (κ1) is 19.3. The third-order valence-corrected chi connectivity index (χ3v) is 7.33. The predicted molar refractivity (Wildman–Crippen MR) is 99.3 cm³/mol. The highest BCUT2D eigenvalue weighted by Gasteiger charge is 2.31. The van der Waals surface area contributed by atoms with Crippen LogP contribution in [-0.4, -0.2) is 69.5 Å². The Labute approximate surface area is 156 Å². The normalized spacial score (nSPS) is 23.7. The minimum Gasteiger partial charge on any atom is -0.335 e. The first-order valence-corrected chi connectivity index (χ1v) is 10.8. The van der Waals surface area contributed by atoms with Crippen LogP contribution in [0.25, 0.3) is 0 Å². The number of nitrogens with zero attached hydrogens (tertiary/aromatic N) is 2. The molecule has 2 heterocycles. The van der Waals surface area contributed by atoms with Gasteiger partial charge in [0, 0.05) is 18.2 Å². The first-order valence-electron chi connectivity index (χ1n) is 9.37. The second-order valence-corrected chi connectivity index (χ2v) is 9.26. The molecule has 0 aliphatic carbocycles. The fourth-order valence-corrected chi connectivity index (χ4v) is 5.32. The van der Waals surface area contributed by atoms with E-state index in [4.69, 9.17) is 0 Å². The Morgan fingerprint density at radius 2 is 1.92 bits per heavy atom. The average Bonchev–Trinajstić information content (AvgIpc) is 2.64. The second kappa shape index (κ2) is 8.04. The van der Waals surface area contributed by atoms with Crippen LogP contribution in [0.4, 0.5) is 0 Å². The van der Waals surface area contributed by atoms with Crippen molar-refractivity contribution in [1.82, 2.24) is 14.7 Å². The molecule has 2 aliphatic rings. The van der Waals surface area contributed by atoms with Crippen molar-refractivity contribution in [2.24, 2.45) is 0 Å². The molecule has 0 spiro atoms. The highest BCUT2D eigenvalue weighted by molar-refractivity contribution is 7.89. The molecule has 0 saturated carbocycles. The molecular weight excluding hydrogens is 352 g/mol. The number of likely N-dealkylation sites (N-methyl/N-ethyl adjacent to an activating group) is 1. The van der Waals surface area contributed by atoms with Gasteiger partial charge in [0.1, 0.15) is 0 Å². The van der Waals surface area contributed by atoms with E-state index in [1.165, 1.54) is 11.0 Å². The van der Waals surface area contributed by atoms with Crippen LogP contribution in [0.1, 0.15) is 36.5 Å². The van der Waals surface area contributed by atoms with E-state index in [1.807, 2.05) is 11.9 Å². The molecule has 1 amide bonds. The molecule has 1 atom stereocenters. The van der Waals surface area contributed by atoms with Gasteiger partial charge in [-0.1, -0.05) is 12.5 Å². The van der Waals surface area contributed by atoms with Crippen LogP contribution >= 0.6 is 0 Å². The predicted octanol–water partition coefficient (Wildman–Crippen LogP) is -0.275. The Hall–Kier alpha value is -1.48. The van der Waals surface area contributed by atoms with Gasteiger partial charge in [-0.05, 0) is 38.0 Å². The summed E-state index contributed by atoms with van der Waals surface area (Å²) >= 11 is 0.